The largest absolute Gasteiger partial charge is 0.452 e. The maximum Gasteiger partial charge on any atom is 0.340 e. The van der Waals surface area contributed by atoms with Gasteiger partial charge in [-0.1, -0.05) is 35.9 Å². The molecule has 3 aromatic rings. The maximum atomic E-state index is 12.4. The summed E-state index contributed by atoms with van der Waals surface area (Å²) in [4.78, 5) is 24.5. The van der Waals surface area contributed by atoms with Gasteiger partial charge in [0, 0.05) is 5.02 Å². The molecule has 0 radical (unpaired) electrons. The monoisotopic (exact) mass is 385 g/mol. The second-order valence-electron chi connectivity index (χ2n) is 5.69. The fraction of sp³-hybridized carbons (Fsp3) is 0.167. The van der Waals surface area contributed by atoms with E-state index in [1.165, 1.54) is 11.0 Å². The van der Waals surface area contributed by atoms with E-state index in [0.29, 0.717) is 10.7 Å². The number of hydrogen-bond acceptors (Lipinski definition) is 6. The maximum absolute atomic E-state index is 12.4. The van der Waals surface area contributed by atoms with Crippen molar-refractivity contribution in [3.63, 3.8) is 0 Å². The van der Waals surface area contributed by atoms with Gasteiger partial charge in [0.05, 0.1) is 17.3 Å². The zero-order valence-electron chi connectivity index (χ0n) is 14.4. The van der Waals surface area contributed by atoms with E-state index in [1.807, 2.05) is 13.0 Å². The number of carbonyl (C=O) groups is 2. The van der Waals surface area contributed by atoms with Crippen molar-refractivity contribution >= 4 is 23.5 Å². The van der Waals surface area contributed by atoms with Crippen LogP contribution in [0.2, 0.25) is 5.02 Å². The van der Waals surface area contributed by atoms with Gasteiger partial charge in [-0.25, -0.2) is 4.79 Å². The molecule has 27 heavy (non-hydrogen) atoms. The van der Waals surface area contributed by atoms with Crippen molar-refractivity contribution in [2.24, 2.45) is 0 Å². The van der Waals surface area contributed by atoms with E-state index in [0.717, 1.165) is 5.56 Å². The number of nitrogens with zero attached hydrogens (tertiary/aromatic N) is 4. The van der Waals surface area contributed by atoms with Crippen molar-refractivity contribution in [2.75, 3.05) is 6.61 Å². The molecule has 1 N–H and O–H groups in total. The molecule has 9 heteroatoms. The molecular weight excluding hydrogens is 370 g/mol. The first kappa shape index (κ1) is 18.5. The van der Waals surface area contributed by atoms with Crippen LogP contribution in [0.1, 0.15) is 28.9 Å². The van der Waals surface area contributed by atoms with Gasteiger partial charge in [-0.3, -0.25) is 4.79 Å². The number of hydrogen-bond donors (Lipinski definition) is 1. The highest BCUT2D eigenvalue weighted by atomic mass is 35.5. The number of ether oxygens (including phenoxy) is 1. The second-order valence-corrected chi connectivity index (χ2v) is 6.13. The van der Waals surface area contributed by atoms with Crippen molar-refractivity contribution in [3.8, 4) is 5.69 Å². The number of halogens is 1. The van der Waals surface area contributed by atoms with Crippen LogP contribution in [0.4, 0.5) is 0 Å². The van der Waals surface area contributed by atoms with Crippen LogP contribution in [-0.2, 0) is 9.53 Å². The Kier molecular flexibility index (Phi) is 5.77. The molecule has 1 aromatic heterocycles. The topological polar surface area (TPSA) is 99.0 Å². The number of rotatable bonds is 6. The predicted molar refractivity (Wildman–Crippen MR) is 97.4 cm³/mol. The van der Waals surface area contributed by atoms with E-state index < -0.39 is 18.5 Å². The third-order valence-electron chi connectivity index (χ3n) is 3.78. The molecule has 1 atom stereocenters. The van der Waals surface area contributed by atoms with Crippen molar-refractivity contribution in [1.29, 1.82) is 0 Å². The minimum absolute atomic E-state index is 0.250. The summed E-state index contributed by atoms with van der Waals surface area (Å²) in [7, 11) is 0. The Hall–Kier alpha value is -3.26. The summed E-state index contributed by atoms with van der Waals surface area (Å²) in [5, 5.41) is 14.2. The van der Waals surface area contributed by atoms with E-state index in [1.54, 1.807) is 42.5 Å². The van der Waals surface area contributed by atoms with Gasteiger partial charge in [0.25, 0.3) is 5.91 Å². The number of para-hydroxylation sites is 1. The van der Waals surface area contributed by atoms with Gasteiger partial charge in [0.2, 0.25) is 0 Å². The quantitative estimate of drug-likeness (QED) is 0.654. The van der Waals surface area contributed by atoms with Gasteiger partial charge < -0.3 is 10.1 Å². The minimum Gasteiger partial charge on any atom is -0.452 e. The molecule has 0 aliphatic heterocycles. The molecule has 1 amide bonds. The lowest BCUT2D eigenvalue weighted by Crippen LogP contribution is -2.31. The van der Waals surface area contributed by atoms with Gasteiger partial charge in [0.1, 0.15) is 6.33 Å². The molecule has 138 valence electrons. The summed E-state index contributed by atoms with van der Waals surface area (Å²) < 4.78 is 6.48. The normalized spacial score (nSPS) is 11.6. The Bertz CT molecular complexity index is 946. The Morgan fingerprint density at radius 3 is 2.78 bits per heavy atom. The molecule has 0 aliphatic rings. The third-order valence-corrected chi connectivity index (χ3v) is 4.02. The molecule has 0 unspecified atom stereocenters. The SMILES string of the molecule is C[C@H](NC(=O)COC(=O)c1ccccc1-n1cnnn1)c1cccc(Cl)c1. The minimum atomic E-state index is -0.647. The Morgan fingerprint density at radius 2 is 2.04 bits per heavy atom. The van der Waals surface area contributed by atoms with Crippen LogP contribution < -0.4 is 5.32 Å². The summed E-state index contributed by atoms with van der Waals surface area (Å²) in [6.07, 6.45) is 1.37. The molecule has 8 nitrogen and oxygen atoms in total. The van der Waals surface area contributed by atoms with Crippen LogP contribution in [0.15, 0.2) is 54.9 Å². The van der Waals surface area contributed by atoms with E-state index >= 15 is 0 Å². The van der Waals surface area contributed by atoms with Crippen LogP contribution in [0.5, 0.6) is 0 Å². The number of aromatic nitrogens is 4. The van der Waals surface area contributed by atoms with Gasteiger partial charge in [0.15, 0.2) is 6.61 Å². The van der Waals surface area contributed by atoms with Gasteiger partial charge in [-0.15, -0.1) is 5.10 Å². The zero-order valence-corrected chi connectivity index (χ0v) is 15.1. The summed E-state index contributed by atoms with van der Waals surface area (Å²) >= 11 is 5.96. The summed E-state index contributed by atoms with van der Waals surface area (Å²) in [5.41, 5.74) is 1.56. The molecule has 3 rings (SSSR count). The lowest BCUT2D eigenvalue weighted by molar-refractivity contribution is -0.124. The van der Waals surface area contributed by atoms with Crippen molar-refractivity contribution in [3.05, 3.63) is 71.0 Å². The third kappa shape index (κ3) is 4.68. The predicted octanol–water partition coefficient (Wildman–Crippen LogP) is 2.35. The lowest BCUT2D eigenvalue weighted by Gasteiger charge is -2.15. The molecular formula is C18H16ClN5O3. The van der Waals surface area contributed by atoms with E-state index in [-0.39, 0.29) is 11.6 Å². The Morgan fingerprint density at radius 1 is 1.22 bits per heavy atom. The van der Waals surface area contributed by atoms with Gasteiger partial charge in [-0.05, 0) is 47.2 Å². The van der Waals surface area contributed by atoms with E-state index in [2.05, 4.69) is 20.8 Å². The Balaban J connectivity index is 1.60. The van der Waals surface area contributed by atoms with E-state index in [9.17, 15) is 9.59 Å². The number of nitrogens with one attached hydrogen (secondary N) is 1. The fourth-order valence-electron chi connectivity index (χ4n) is 2.47. The molecule has 0 bridgehead atoms. The lowest BCUT2D eigenvalue weighted by atomic mass is 10.1. The van der Waals surface area contributed by atoms with Crippen molar-refractivity contribution in [1.82, 2.24) is 25.5 Å². The highest BCUT2D eigenvalue weighted by Crippen LogP contribution is 2.17. The first-order valence-corrected chi connectivity index (χ1v) is 8.46. The van der Waals surface area contributed by atoms with Crippen molar-refractivity contribution in [2.45, 2.75) is 13.0 Å². The standard InChI is InChI=1S/C18H16ClN5O3/c1-12(13-5-4-6-14(19)9-13)21-17(25)10-27-18(26)15-7-2-3-8-16(15)24-11-20-22-23-24/h2-9,11-12H,10H2,1H3,(H,21,25)/t12-/m0/s1. The second kappa shape index (κ2) is 8.41. The fourth-order valence-corrected chi connectivity index (χ4v) is 2.67. The Labute approximate surface area is 160 Å². The highest BCUT2D eigenvalue weighted by molar-refractivity contribution is 6.30. The summed E-state index contributed by atoms with van der Waals surface area (Å²) in [6.45, 7) is 1.41. The highest BCUT2D eigenvalue weighted by Gasteiger charge is 2.17. The van der Waals surface area contributed by atoms with Crippen LogP contribution in [0.3, 0.4) is 0 Å². The number of carbonyl (C=O) groups excluding carboxylic acids is 2. The van der Waals surface area contributed by atoms with Gasteiger partial charge >= 0.3 is 5.97 Å². The van der Waals surface area contributed by atoms with Gasteiger partial charge in [-0.2, -0.15) is 4.68 Å². The van der Waals surface area contributed by atoms with Crippen LogP contribution in [-0.4, -0.2) is 38.7 Å². The van der Waals surface area contributed by atoms with Crippen molar-refractivity contribution < 1.29 is 14.3 Å². The average Bonchev–Trinajstić information content (AvgIpc) is 3.20. The smallest absolute Gasteiger partial charge is 0.340 e. The van der Waals surface area contributed by atoms with Crippen LogP contribution in [0.25, 0.3) is 5.69 Å². The van der Waals surface area contributed by atoms with Crippen LogP contribution >= 0.6 is 11.6 Å². The molecule has 1 heterocycles. The summed E-state index contributed by atoms with van der Waals surface area (Å²) in [5.74, 6) is -1.07. The first-order chi connectivity index (χ1) is 13.0. The molecule has 2 aromatic carbocycles. The number of amides is 1. The molecule has 0 fully saturated rings. The number of esters is 1. The molecule has 0 spiro atoms. The van der Waals surface area contributed by atoms with Crippen LogP contribution in [0, 0.1) is 0 Å². The molecule has 0 aliphatic carbocycles. The number of benzene rings is 2. The summed E-state index contributed by atoms with van der Waals surface area (Å²) in [6, 6.07) is 13.6. The molecule has 0 saturated carbocycles. The average molecular weight is 386 g/mol. The molecule has 0 saturated heterocycles. The zero-order chi connectivity index (χ0) is 19.2. The van der Waals surface area contributed by atoms with E-state index in [4.69, 9.17) is 16.3 Å². The first-order valence-electron chi connectivity index (χ1n) is 8.09. The number of tetrazole rings is 1.